The fraction of sp³-hybridized carbons (Fsp3) is 0.438. The Morgan fingerprint density at radius 3 is 2.58 bits per heavy atom. The summed E-state index contributed by atoms with van der Waals surface area (Å²) in [5.74, 6) is -0.0653. The predicted molar refractivity (Wildman–Crippen MR) is 92.8 cm³/mol. The van der Waals surface area contributed by atoms with Crippen LogP contribution in [-0.4, -0.2) is 70.3 Å². The second-order valence-electron chi connectivity index (χ2n) is 5.80. The van der Waals surface area contributed by atoms with E-state index in [1.54, 1.807) is 5.51 Å². The standard InChI is InChI=1S/C16H21N5O2S/c22-14(13-4-2-1-3-5-13)10-20-6-8-21(9-7-20)11-15(23)18-16-19-17-12-24-16/h1-5,12,14,22H,6-11H2,(H,18,19,23)/t14-/m0/s1. The second kappa shape index (κ2) is 8.29. The van der Waals surface area contributed by atoms with Crippen molar-refractivity contribution in [3.8, 4) is 0 Å². The Kier molecular flexibility index (Phi) is 5.86. The lowest BCUT2D eigenvalue weighted by molar-refractivity contribution is -0.117. The molecule has 3 rings (SSSR count). The summed E-state index contributed by atoms with van der Waals surface area (Å²) in [7, 11) is 0. The van der Waals surface area contributed by atoms with Crippen molar-refractivity contribution in [1.29, 1.82) is 0 Å². The van der Waals surface area contributed by atoms with Gasteiger partial charge in [-0.15, -0.1) is 10.2 Å². The van der Waals surface area contributed by atoms with Crippen molar-refractivity contribution >= 4 is 22.4 Å². The molecular weight excluding hydrogens is 326 g/mol. The summed E-state index contributed by atoms with van der Waals surface area (Å²) in [6.07, 6.45) is -0.474. The first kappa shape index (κ1) is 17.0. The number of nitrogens with zero attached hydrogens (tertiary/aromatic N) is 4. The van der Waals surface area contributed by atoms with Gasteiger partial charge in [0.2, 0.25) is 11.0 Å². The van der Waals surface area contributed by atoms with Crippen LogP contribution in [-0.2, 0) is 4.79 Å². The number of amides is 1. The first-order valence-corrected chi connectivity index (χ1v) is 8.82. The van der Waals surface area contributed by atoms with Crippen LogP contribution in [0.25, 0.3) is 0 Å². The van der Waals surface area contributed by atoms with Gasteiger partial charge in [-0.05, 0) is 5.56 Å². The number of carbonyl (C=O) groups excluding carboxylic acids is 1. The molecule has 1 saturated heterocycles. The summed E-state index contributed by atoms with van der Waals surface area (Å²) >= 11 is 1.31. The van der Waals surface area contributed by atoms with Crippen molar-refractivity contribution in [3.05, 3.63) is 41.4 Å². The van der Waals surface area contributed by atoms with E-state index in [4.69, 9.17) is 0 Å². The van der Waals surface area contributed by atoms with Crippen LogP contribution in [0.15, 0.2) is 35.8 Å². The summed E-state index contributed by atoms with van der Waals surface area (Å²) in [5.41, 5.74) is 2.53. The van der Waals surface area contributed by atoms with Crippen LogP contribution in [0.5, 0.6) is 0 Å². The molecule has 0 unspecified atom stereocenters. The molecule has 24 heavy (non-hydrogen) atoms. The third-order valence-corrected chi connectivity index (χ3v) is 4.66. The molecular formula is C16H21N5O2S. The Bertz CT molecular complexity index is 629. The van der Waals surface area contributed by atoms with E-state index in [0.29, 0.717) is 18.2 Å². The van der Waals surface area contributed by atoms with Gasteiger partial charge in [0, 0.05) is 32.7 Å². The van der Waals surface area contributed by atoms with Gasteiger partial charge in [0.1, 0.15) is 5.51 Å². The Labute approximate surface area is 144 Å². The molecule has 2 heterocycles. The van der Waals surface area contributed by atoms with Gasteiger partial charge in [0.15, 0.2) is 0 Å². The van der Waals surface area contributed by atoms with E-state index < -0.39 is 6.10 Å². The van der Waals surface area contributed by atoms with Crippen molar-refractivity contribution < 1.29 is 9.90 Å². The number of aromatic nitrogens is 2. The molecule has 1 aromatic heterocycles. The number of aliphatic hydroxyl groups is 1. The minimum Gasteiger partial charge on any atom is -0.387 e. The maximum absolute atomic E-state index is 12.0. The van der Waals surface area contributed by atoms with Crippen LogP contribution in [0.3, 0.4) is 0 Å². The van der Waals surface area contributed by atoms with E-state index in [0.717, 1.165) is 31.7 Å². The molecule has 8 heteroatoms. The molecule has 1 aromatic carbocycles. The smallest absolute Gasteiger partial charge is 0.240 e. The zero-order valence-electron chi connectivity index (χ0n) is 13.3. The summed E-state index contributed by atoms with van der Waals surface area (Å²) in [6.45, 7) is 4.28. The largest absolute Gasteiger partial charge is 0.387 e. The Hall–Kier alpha value is -1.87. The topological polar surface area (TPSA) is 81.6 Å². The first-order chi connectivity index (χ1) is 11.7. The van der Waals surface area contributed by atoms with Crippen molar-refractivity contribution in [2.24, 2.45) is 0 Å². The SMILES string of the molecule is O=C(CN1CCN(C[C@H](O)c2ccccc2)CC1)Nc1nncs1. The number of benzene rings is 1. The summed E-state index contributed by atoms with van der Waals surface area (Å²) in [5, 5.41) is 21.1. The van der Waals surface area contributed by atoms with Crippen molar-refractivity contribution in [2.75, 3.05) is 44.6 Å². The molecule has 7 nitrogen and oxygen atoms in total. The predicted octanol–water partition coefficient (Wildman–Crippen LogP) is 0.828. The minimum absolute atomic E-state index is 0.0653. The van der Waals surface area contributed by atoms with Crippen LogP contribution in [0.4, 0.5) is 5.13 Å². The van der Waals surface area contributed by atoms with Crippen molar-refractivity contribution in [1.82, 2.24) is 20.0 Å². The van der Waals surface area contributed by atoms with E-state index in [1.165, 1.54) is 11.3 Å². The number of anilines is 1. The van der Waals surface area contributed by atoms with E-state index in [-0.39, 0.29) is 5.91 Å². The molecule has 128 valence electrons. The average molecular weight is 347 g/mol. The summed E-state index contributed by atoms with van der Waals surface area (Å²) < 4.78 is 0. The highest BCUT2D eigenvalue weighted by molar-refractivity contribution is 7.13. The molecule has 1 fully saturated rings. The zero-order chi connectivity index (χ0) is 16.8. The van der Waals surface area contributed by atoms with Crippen LogP contribution in [0.1, 0.15) is 11.7 Å². The van der Waals surface area contributed by atoms with Gasteiger partial charge in [0.25, 0.3) is 0 Å². The highest BCUT2D eigenvalue weighted by atomic mass is 32.1. The van der Waals surface area contributed by atoms with Gasteiger partial charge in [0.05, 0.1) is 12.6 Å². The summed E-state index contributed by atoms with van der Waals surface area (Å²) in [6, 6.07) is 9.71. The van der Waals surface area contributed by atoms with Gasteiger partial charge >= 0.3 is 0 Å². The Morgan fingerprint density at radius 1 is 1.21 bits per heavy atom. The number of hydrogen-bond donors (Lipinski definition) is 2. The molecule has 0 radical (unpaired) electrons. The third-order valence-electron chi connectivity index (χ3n) is 4.05. The molecule has 1 aliphatic rings. The number of hydrogen-bond acceptors (Lipinski definition) is 7. The average Bonchev–Trinajstić information content (AvgIpc) is 3.10. The minimum atomic E-state index is -0.474. The number of carbonyl (C=O) groups is 1. The normalized spacial score (nSPS) is 17.5. The third kappa shape index (κ3) is 4.81. The van der Waals surface area contributed by atoms with Crippen molar-refractivity contribution in [3.63, 3.8) is 0 Å². The number of nitrogens with one attached hydrogen (secondary N) is 1. The van der Waals surface area contributed by atoms with E-state index >= 15 is 0 Å². The van der Waals surface area contributed by atoms with Gasteiger partial charge in [-0.3, -0.25) is 19.9 Å². The lowest BCUT2D eigenvalue weighted by Gasteiger charge is -2.35. The highest BCUT2D eigenvalue weighted by Gasteiger charge is 2.21. The molecule has 0 spiro atoms. The fourth-order valence-corrected chi connectivity index (χ4v) is 3.21. The molecule has 1 aliphatic heterocycles. The molecule has 0 saturated carbocycles. The second-order valence-corrected chi connectivity index (χ2v) is 6.63. The van der Waals surface area contributed by atoms with Crippen LogP contribution < -0.4 is 5.32 Å². The Balaban J connectivity index is 1.40. The quantitative estimate of drug-likeness (QED) is 0.805. The fourth-order valence-electron chi connectivity index (χ4n) is 2.74. The number of β-amino-alcohol motifs (C(OH)–C–C–N with tert-alkyl or cyclic N) is 1. The van der Waals surface area contributed by atoms with E-state index in [1.807, 2.05) is 30.3 Å². The van der Waals surface area contributed by atoms with Crippen molar-refractivity contribution in [2.45, 2.75) is 6.10 Å². The number of piperazine rings is 1. The maximum Gasteiger partial charge on any atom is 0.240 e. The molecule has 2 N–H and O–H groups in total. The zero-order valence-corrected chi connectivity index (χ0v) is 14.2. The molecule has 1 amide bonds. The van der Waals surface area contributed by atoms with Gasteiger partial charge in [-0.25, -0.2) is 0 Å². The van der Waals surface area contributed by atoms with Gasteiger partial charge in [-0.2, -0.15) is 0 Å². The van der Waals surface area contributed by atoms with E-state index in [2.05, 4.69) is 25.3 Å². The van der Waals surface area contributed by atoms with E-state index in [9.17, 15) is 9.90 Å². The maximum atomic E-state index is 12.0. The number of aliphatic hydroxyl groups excluding tert-OH is 1. The van der Waals surface area contributed by atoms with Crippen LogP contribution >= 0.6 is 11.3 Å². The Morgan fingerprint density at radius 2 is 1.92 bits per heavy atom. The van der Waals surface area contributed by atoms with Gasteiger partial charge < -0.3 is 5.11 Å². The summed E-state index contributed by atoms with van der Waals surface area (Å²) in [4.78, 5) is 16.3. The molecule has 1 atom stereocenters. The lowest BCUT2D eigenvalue weighted by Crippen LogP contribution is -2.49. The first-order valence-electron chi connectivity index (χ1n) is 7.94. The molecule has 0 aliphatic carbocycles. The molecule has 0 bridgehead atoms. The van der Waals surface area contributed by atoms with Gasteiger partial charge in [-0.1, -0.05) is 41.7 Å². The van der Waals surface area contributed by atoms with Crippen LogP contribution in [0.2, 0.25) is 0 Å². The monoisotopic (exact) mass is 347 g/mol. The van der Waals surface area contributed by atoms with Crippen LogP contribution in [0, 0.1) is 0 Å². The molecule has 2 aromatic rings. The lowest BCUT2D eigenvalue weighted by atomic mass is 10.1. The number of rotatable bonds is 6. The highest BCUT2D eigenvalue weighted by Crippen LogP contribution is 2.15.